The summed E-state index contributed by atoms with van der Waals surface area (Å²) in [5.74, 6) is -4.78. The van der Waals surface area contributed by atoms with E-state index in [4.69, 9.17) is 37.4 Å². The number of hydrogen-bond donors (Lipinski definition) is 3. The molecule has 3 aliphatic rings. The molecular formula is C37H41Cl2F2N3O6. The summed E-state index contributed by atoms with van der Waals surface area (Å²) in [6, 6.07) is 8.40. The summed E-state index contributed by atoms with van der Waals surface area (Å²) < 4.78 is 49.5. The number of carboxylic acid groups (broad SMARTS) is 1. The second kappa shape index (κ2) is 14.0. The van der Waals surface area contributed by atoms with Crippen molar-refractivity contribution in [2.24, 2.45) is 10.8 Å². The molecule has 3 N–H and O–H groups in total. The van der Waals surface area contributed by atoms with E-state index in [0.717, 1.165) is 6.07 Å². The molecule has 6 atom stereocenters. The van der Waals surface area contributed by atoms with Gasteiger partial charge in [-0.1, -0.05) is 76.0 Å². The third kappa shape index (κ3) is 6.47. The lowest BCUT2D eigenvalue weighted by molar-refractivity contribution is -0.139. The molecule has 13 heteroatoms. The summed E-state index contributed by atoms with van der Waals surface area (Å²) in [7, 11) is 1.42. The van der Waals surface area contributed by atoms with Crippen LogP contribution >= 0.6 is 23.2 Å². The highest BCUT2D eigenvalue weighted by atomic mass is 35.5. The lowest BCUT2D eigenvalue weighted by Gasteiger charge is -2.50. The maximum absolute atomic E-state index is 16.2. The van der Waals surface area contributed by atoms with Crippen molar-refractivity contribution in [2.45, 2.75) is 82.6 Å². The first kappa shape index (κ1) is 37.9. The monoisotopic (exact) mass is 731 g/mol. The van der Waals surface area contributed by atoms with Gasteiger partial charge in [0.05, 0.1) is 35.5 Å². The molecule has 5 rings (SSSR count). The molecule has 2 fully saturated rings. The van der Waals surface area contributed by atoms with Crippen LogP contribution in [0.25, 0.3) is 0 Å². The van der Waals surface area contributed by atoms with Gasteiger partial charge >= 0.3 is 5.97 Å². The van der Waals surface area contributed by atoms with Crippen LogP contribution in [0, 0.1) is 33.8 Å². The van der Waals surface area contributed by atoms with Crippen molar-refractivity contribution in [1.29, 1.82) is 5.26 Å². The Bertz CT molecular complexity index is 1780. The van der Waals surface area contributed by atoms with Gasteiger partial charge in [-0.3, -0.25) is 4.79 Å². The van der Waals surface area contributed by atoms with Crippen molar-refractivity contribution in [3.05, 3.63) is 92.6 Å². The van der Waals surface area contributed by atoms with Gasteiger partial charge in [-0.2, -0.15) is 5.26 Å². The number of methoxy groups -OCH3 is 1. The first-order valence-corrected chi connectivity index (χ1v) is 17.0. The topological polar surface area (TPSA) is 130 Å². The molecular weight excluding hydrogens is 691 g/mol. The maximum Gasteiger partial charge on any atom is 0.332 e. The van der Waals surface area contributed by atoms with Crippen molar-refractivity contribution >= 4 is 35.1 Å². The lowest BCUT2D eigenvalue weighted by atomic mass is 9.62. The fourth-order valence-corrected chi connectivity index (χ4v) is 8.28. The minimum Gasteiger partial charge on any atom is -0.478 e. The van der Waals surface area contributed by atoms with E-state index in [2.05, 4.69) is 16.7 Å². The first-order chi connectivity index (χ1) is 23.4. The number of hydrogen-bond acceptors (Lipinski definition) is 7. The Morgan fingerprint density at radius 3 is 2.48 bits per heavy atom. The van der Waals surface area contributed by atoms with Crippen molar-refractivity contribution in [3.63, 3.8) is 0 Å². The molecule has 268 valence electrons. The quantitative estimate of drug-likeness (QED) is 0.257. The molecule has 50 heavy (non-hydrogen) atoms. The second-order valence-electron chi connectivity index (χ2n) is 14.8. The molecule has 0 aromatic heterocycles. The Labute approximate surface area is 300 Å². The Morgan fingerprint density at radius 2 is 1.90 bits per heavy atom. The molecule has 2 heterocycles. The fourth-order valence-electron chi connectivity index (χ4n) is 7.94. The molecule has 0 bridgehead atoms. The number of aliphatic carboxylic acids is 1. The zero-order chi connectivity index (χ0) is 36.8. The Kier molecular flexibility index (Phi) is 10.6. The van der Waals surface area contributed by atoms with Gasteiger partial charge in [-0.25, -0.2) is 13.6 Å². The molecule has 1 amide bonds. The smallest absolute Gasteiger partial charge is 0.332 e. The van der Waals surface area contributed by atoms with E-state index in [1.807, 2.05) is 20.8 Å². The predicted octanol–water partition coefficient (Wildman–Crippen LogP) is 6.79. The van der Waals surface area contributed by atoms with Crippen molar-refractivity contribution in [1.82, 2.24) is 10.6 Å². The van der Waals surface area contributed by atoms with Gasteiger partial charge in [0.1, 0.15) is 29.4 Å². The van der Waals surface area contributed by atoms with E-state index < -0.39 is 69.5 Å². The third-order valence-corrected chi connectivity index (χ3v) is 10.8. The normalized spacial score (nSPS) is 29.2. The van der Waals surface area contributed by atoms with Crippen LogP contribution < -0.4 is 10.6 Å². The third-order valence-electron chi connectivity index (χ3n) is 10.3. The molecule has 2 aromatic rings. The predicted molar refractivity (Wildman–Crippen MR) is 183 cm³/mol. The summed E-state index contributed by atoms with van der Waals surface area (Å²) in [5, 5.41) is 27.5. The summed E-state index contributed by atoms with van der Waals surface area (Å²) in [4.78, 5) is 27.2. The number of benzene rings is 2. The maximum atomic E-state index is 16.2. The first-order valence-electron chi connectivity index (χ1n) is 16.2. The van der Waals surface area contributed by atoms with Gasteiger partial charge in [-0.05, 0) is 47.8 Å². The molecule has 0 saturated carbocycles. The van der Waals surface area contributed by atoms with Crippen LogP contribution in [0.3, 0.4) is 0 Å². The van der Waals surface area contributed by atoms with E-state index in [9.17, 15) is 20.0 Å². The van der Waals surface area contributed by atoms with E-state index in [1.165, 1.54) is 49.6 Å². The molecule has 9 nitrogen and oxygen atoms in total. The summed E-state index contributed by atoms with van der Waals surface area (Å²) >= 11 is 12.4. The van der Waals surface area contributed by atoms with Crippen LogP contribution in [0.4, 0.5) is 8.78 Å². The minimum absolute atomic E-state index is 0.0427. The number of carbonyl (C=O) groups excluding carboxylic acids is 1. The average Bonchev–Trinajstić information content (AvgIpc) is 3.65. The highest BCUT2D eigenvalue weighted by Crippen LogP contribution is 2.54. The number of nitrogens with zero attached hydrogens (tertiary/aromatic N) is 1. The van der Waals surface area contributed by atoms with Crippen LogP contribution in [0.5, 0.6) is 0 Å². The number of rotatable bonds is 9. The number of carboxylic acids is 1. The number of amides is 1. The summed E-state index contributed by atoms with van der Waals surface area (Å²) in [5.41, 5.74) is -4.77. The highest BCUT2D eigenvalue weighted by Gasteiger charge is 2.62. The van der Waals surface area contributed by atoms with Gasteiger partial charge in [0.2, 0.25) is 5.91 Å². The number of halogens is 4. The van der Waals surface area contributed by atoms with Gasteiger partial charge < -0.3 is 30.0 Å². The van der Waals surface area contributed by atoms with Crippen molar-refractivity contribution in [2.75, 3.05) is 20.5 Å². The highest BCUT2D eigenvalue weighted by molar-refractivity contribution is 6.31. The molecule has 0 radical (unpaired) electrons. The Morgan fingerprint density at radius 1 is 1.18 bits per heavy atom. The van der Waals surface area contributed by atoms with E-state index >= 15 is 8.78 Å². The van der Waals surface area contributed by atoms with Crippen LogP contribution in [-0.2, 0) is 29.2 Å². The minimum atomic E-state index is -1.83. The number of carbonyl (C=O) groups is 2. The second-order valence-corrected chi connectivity index (χ2v) is 15.6. The largest absolute Gasteiger partial charge is 0.478 e. The van der Waals surface area contributed by atoms with Crippen LogP contribution in [0.2, 0.25) is 10.0 Å². The number of nitrogens with one attached hydrogen (secondary N) is 2. The van der Waals surface area contributed by atoms with Crippen LogP contribution in [0.1, 0.15) is 64.5 Å². The van der Waals surface area contributed by atoms with Crippen molar-refractivity contribution in [3.8, 4) is 6.07 Å². The number of nitriles is 1. The molecule has 2 unspecified atom stereocenters. The van der Waals surface area contributed by atoms with Gasteiger partial charge in [0, 0.05) is 47.1 Å². The van der Waals surface area contributed by atoms with E-state index in [-0.39, 0.29) is 58.7 Å². The summed E-state index contributed by atoms with van der Waals surface area (Å²) in [6.07, 6.45) is 2.78. The zero-order valence-electron chi connectivity index (χ0n) is 28.7. The molecule has 1 aliphatic carbocycles. The lowest BCUT2D eigenvalue weighted by Crippen LogP contribution is -2.58. The SMILES string of the molecule is COC1(CC2COCO2)C(NC(=O)[C@@H]2N[C@@H](CC(C)(C)C)[C@](C#N)(c3ccc(Cl)cc3F)[C@H]2c2cccc(Cl)c2F)=CC=C(C(=O)O)C1(C)C. The van der Waals surface area contributed by atoms with Crippen LogP contribution in [-0.4, -0.2) is 61.3 Å². The van der Waals surface area contributed by atoms with Gasteiger partial charge in [0.15, 0.2) is 0 Å². The number of ether oxygens (including phenoxy) is 3. The molecule has 2 aliphatic heterocycles. The molecule has 2 aromatic carbocycles. The van der Waals surface area contributed by atoms with Gasteiger partial charge in [-0.15, -0.1) is 0 Å². The Hall–Kier alpha value is -3.37. The fraction of sp³-hybridized carbons (Fsp3) is 0.486. The average molecular weight is 733 g/mol. The van der Waals surface area contributed by atoms with Crippen LogP contribution in [0.15, 0.2) is 59.8 Å². The zero-order valence-corrected chi connectivity index (χ0v) is 30.2. The standard InChI is InChI=1S/C37H41Cl2F2N3O6/c1-34(2,3)16-28-36(18-42,23-11-10-20(38)14-26(23)40)29(22-8-7-9-25(39)30(22)41)31(43-28)32(45)44-27-13-12-24(33(46)47)35(4,5)37(27,48-6)15-21-17-49-19-50-21/h7-14,21,28-29,31,43H,15-17,19H2,1-6H3,(H,44,45)(H,46,47)/t21?,28-,29-,31+,36-,37?/m0/s1. The van der Waals surface area contributed by atoms with Crippen molar-refractivity contribution < 1.29 is 37.7 Å². The van der Waals surface area contributed by atoms with E-state index in [0.29, 0.717) is 0 Å². The Balaban J connectivity index is 1.70. The van der Waals surface area contributed by atoms with E-state index in [1.54, 1.807) is 13.8 Å². The van der Waals surface area contributed by atoms with Gasteiger partial charge in [0.25, 0.3) is 0 Å². The summed E-state index contributed by atoms with van der Waals surface area (Å²) in [6.45, 7) is 9.50. The molecule has 2 saturated heterocycles. The number of allylic oxidation sites excluding steroid dienone is 2. The molecule has 0 spiro atoms.